The van der Waals surface area contributed by atoms with Crippen LogP contribution in [-0.2, 0) is 21.4 Å². The molecule has 1 atom stereocenters. The summed E-state index contributed by atoms with van der Waals surface area (Å²) in [5.74, 6) is 0.756. The molecule has 1 aromatic carbocycles. The number of hydrogen-bond acceptors (Lipinski definition) is 3. The van der Waals surface area contributed by atoms with Crippen LogP contribution in [0.3, 0.4) is 0 Å². The number of guanidine groups is 1. The molecule has 1 aliphatic heterocycles. The van der Waals surface area contributed by atoms with E-state index >= 15 is 0 Å². The molecule has 5 nitrogen and oxygen atoms in total. The smallest absolute Gasteiger partial charge is 0.357 e. The molecule has 0 radical (unpaired) electrons. The van der Waals surface area contributed by atoms with E-state index in [-0.39, 0.29) is 46.9 Å². The Morgan fingerprint density at radius 1 is 1.32 bits per heavy atom. The molecular formula is C18H25F3IN3O2S. The highest BCUT2D eigenvalue weighted by Crippen LogP contribution is 2.49. The second-order valence-electron chi connectivity index (χ2n) is 7.30. The molecule has 1 aromatic rings. The fourth-order valence-corrected chi connectivity index (χ4v) is 5.04. The number of hydrogen-bond donors (Lipinski definition) is 2. The van der Waals surface area contributed by atoms with Gasteiger partial charge in [0.25, 0.3) is 0 Å². The summed E-state index contributed by atoms with van der Waals surface area (Å²) in [6.07, 6.45) is -2.25. The van der Waals surface area contributed by atoms with E-state index < -0.39 is 21.6 Å². The Hall–Kier alpha value is -1.04. The zero-order valence-electron chi connectivity index (χ0n) is 15.6. The molecule has 0 aromatic heterocycles. The predicted molar refractivity (Wildman–Crippen MR) is 114 cm³/mol. The largest absolute Gasteiger partial charge is 0.416 e. The lowest BCUT2D eigenvalue weighted by atomic mass is 9.94. The maximum absolute atomic E-state index is 13.0. The quantitative estimate of drug-likeness (QED) is 0.348. The zero-order valence-corrected chi connectivity index (χ0v) is 18.7. The third-order valence-electron chi connectivity index (χ3n) is 5.11. The third kappa shape index (κ3) is 5.74. The number of nitrogens with one attached hydrogen (secondary N) is 2. The molecule has 1 heterocycles. The molecule has 0 amide bonds. The van der Waals surface area contributed by atoms with Crippen LogP contribution >= 0.6 is 24.0 Å². The molecule has 1 saturated carbocycles. The van der Waals surface area contributed by atoms with Gasteiger partial charge < -0.3 is 10.6 Å². The van der Waals surface area contributed by atoms with Gasteiger partial charge in [-0.3, -0.25) is 4.99 Å². The van der Waals surface area contributed by atoms with Gasteiger partial charge in [0.1, 0.15) is 0 Å². The fraction of sp³-hybridized carbons (Fsp3) is 0.611. The van der Waals surface area contributed by atoms with E-state index in [1.807, 2.05) is 6.92 Å². The number of benzene rings is 1. The highest BCUT2D eigenvalue weighted by molar-refractivity contribution is 14.0. The summed E-state index contributed by atoms with van der Waals surface area (Å²) in [5, 5.41) is 6.23. The van der Waals surface area contributed by atoms with E-state index in [0.29, 0.717) is 31.0 Å². The van der Waals surface area contributed by atoms with Gasteiger partial charge in [0.05, 0.1) is 23.6 Å². The number of nitrogens with zero attached hydrogens (tertiary/aromatic N) is 1. The lowest BCUT2D eigenvalue weighted by molar-refractivity contribution is -0.137. The van der Waals surface area contributed by atoms with Crippen LogP contribution in [0.25, 0.3) is 0 Å². The van der Waals surface area contributed by atoms with Gasteiger partial charge in [-0.15, -0.1) is 24.0 Å². The molecule has 2 N–H and O–H groups in total. The lowest BCUT2D eigenvalue weighted by Crippen LogP contribution is -2.44. The summed E-state index contributed by atoms with van der Waals surface area (Å²) in [7, 11) is -3.00. The molecular weight excluding hydrogens is 506 g/mol. The van der Waals surface area contributed by atoms with Gasteiger partial charge in [0.15, 0.2) is 15.8 Å². The topological polar surface area (TPSA) is 70.6 Å². The van der Waals surface area contributed by atoms with Crippen molar-refractivity contribution < 1.29 is 21.6 Å². The standard InChI is InChI=1S/C18H24F3N3O2S.HI/c1-2-22-16(24-15-6-9-27(25,26)11-15)23-12-17(7-8-17)13-4-3-5-14(10-13)18(19,20)21;/h3-5,10,15H,2,6-9,11-12H2,1H3,(H2,22,23,24);1H. The van der Waals surface area contributed by atoms with E-state index in [2.05, 4.69) is 15.6 Å². The number of aliphatic imine (C=N–C) groups is 1. The Morgan fingerprint density at radius 2 is 2.04 bits per heavy atom. The van der Waals surface area contributed by atoms with Gasteiger partial charge in [-0.25, -0.2) is 8.42 Å². The first kappa shape index (κ1) is 23.2. The lowest BCUT2D eigenvalue weighted by Gasteiger charge is -2.19. The van der Waals surface area contributed by atoms with Crippen molar-refractivity contribution in [2.45, 2.75) is 43.8 Å². The van der Waals surface area contributed by atoms with Crippen LogP contribution in [-0.4, -0.2) is 45.0 Å². The number of rotatable bonds is 5. The van der Waals surface area contributed by atoms with Crippen LogP contribution in [0.15, 0.2) is 29.3 Å². The molecule has 2 fully saturated rings. The summed E-state index contributed by atoms with van der Waals surface area (Å²) in [6, 6.07) is 5.27. The van der Waals surface area contributed by atoms with E-state index in [1.165, 1.54) is 12.1 Å². The number of sulfone groups is 1. The summed E-state index contributed by atoms with van der Waals surface area (Å²) in [5.41, 5.74) is -0.359. The first-order chi connectivity index (χ1) is 12.6. The van der Waals surface area contributed by atoms with Gasteiger partial charge in [-0.2, -0.15) is 13.2 Å². The molecule has 1 saturated heterocycles. The molecule has 1 aliphatic carbocycles. The van der Waals surface area contributed by atoms with Crippen LogP contribution in [0, 0.1) is 0 Å². The third-order valence-corrected chi connectivity index (χ3v) is 6.88. The first-order valence-corrected chi connectivity index (χ1v) is 10.9. The first-order valence-electron chi connectivity index (χ1n) is 9.07. The van der Waals surface area contributed by atoms with E-state index in [9.17, 15) is 21.6 Å². The van der Waals surface area contributed by atoms with Gasteiger partial charge in [-0.1, -0.05) is 18.2 Å². The second kappa shape index (κ2) is 8.76. The minimum absolute atomic E-state index is 0. The van der Waals surface area contributed by atoms with Crippen molar-refractivity contribution in [3.05, 3.63) is 35.4 Å². The summed E-state index contributed by atoms with van der Waals surface area (Å²) in [4.78, 5) is 4.55. The van der Waals surface area contributed by atoms with Gasteiger partial charge in [-0.05, 0) is 37.8 Å². The highest BCUT2D eigenvalue weighted by atomic mass is 127. The highest BCUT2D eigenvalue weighted by Gasteiger charge is 2.45. The molecule has 1 unspecified atom stereocenters. The summed E-state index contributed by atoms with van der Waals surface area (Å²) < 4.78 is 62.2. The minimum atomic E-state index is -4.36. The number of halogens is 4. The van der Waals surface area contributed by atoms with E-state index in [0.717, 1.165) is 18.9 Å². The van der Waals surface area contributed by atoms with Crippen LogP contribution in [0.5, 0.6) is 0 Å². The van der Waals surface area contributed by atoms with Crippen molar-refractivity contribution in [1.82, 2.24) is 10.6 Å². The average Bonchev–Trinajstić information content (AvgIpc) is 3.31. The molecule has 158 valence electrons. The maximum Gasteiger partial charge on any atom is 0.416 e. The number of alkyl halides is 3. The Balaban J connectivity index is 0.00000280. The normalized spacial score (nSPS) is 23.0. The van der Waals surface area contributed by atoms with Crippen molar-refractivity contribution in [2.75, 3.05) is 24.6 Å². The van der Waals surface area contributed by atoms with Gasteiger partial charge in [0.2, 0.25) is 0 Å². The van der Waals surface area contributed by atoms with E-state index in [1.54, 1.807) is 6.07 Å². The molecule has 3 rings (SSSR count). The van der Waals surface area contributed by atoms with Crippen molar-refractivity contribution in [3.8, 4) is 0 Å². The van der Waals surface area contributed by atoms with E-state index in [4.69, 9.17) is 0 Å². The van der Waals surface area contributed by atoms with Crippen LogP contribution in [0.4, 0.5) is 13.2 Å². The molecule has 28 heavy (non-hydrogen) atoms. The van der Waals surface area contributed by atoms with Crippen molar-refractivity contribution >= 4 is 39.8 Å². The molecule has 0 bridgehead atoms. The summed E-state index contributed by atoms with van der Waals surface area (Å²) >= 11 is 0. The monoisotopic (exact) mass is 531 g/mol. The Morgan fingerprint density at radius 3 is 2.57 bits per heavy atom. The Kier molecular flexibility index (Phi) is 7.27. The second-order valence-corrected chi connectivity index (χ2v) is 9.53. The van der Waals surface area contributed by atoms with Crippen molar-refractivity contribution in [1.29, 1.82) is 0 Å². The Labute approximate surface area is 180 Å². The van der Waals surface area contributed by atoms with Gasteiger partial charge >= 0.3 is 6.18 Å². The van der Waals surface area contributed by atoms with Crippen molar-refractivity contribution in [2.24, 2.45) is 4.99 Å². The van der Waals surface area contributed by atoms with Crippen molar-refractivity contribution in [3.63, 3.8) is 0 Å². The van der Waals surface area contributed by atoms with Crippen LogP contribution in [0.2, 0.25) is 0 Å². The SMILES string of the molecule is CCNC(=NCC1(c2cccc(C(F)(F)F)c2)CC1)NC1CCS(=O)(=O)C1.I. The molecule has 2 aliphatic rings. The molecule has 10 heteroatoms. The van der Waals surface area contributed by atoms with Crippen LogP contribution < -0.4 is 10.6 Å². The van der Waals surface area contributed by atoms with Crippen LogP contribution in [0.1, 0.15) is 37.3 Å². The van der Waals surface area contributed by atoms with Gasteiger partial charge in [0, 0.05) is 18.0 Å². The predicted octanol–water partition coefficient (Wildman–Crippen LogP) is 3.10. The zero-order chi connectivity index (χ0) is 19.7. The average molecular weight is 531 g/mol. The fourth-order valence-electron chi connectivity index (χ4n) is 3.37. The Bertz CT molecular complexity index is 824. The summed E-state index contributed by atoms with van der Waals surface area (Å²) in [6.45, 7) is 2.88. The minimum Gasteiger partial charge on any atom is -0.357 e. The maximum atomic E-state index is 13.0. The molecule has 0 spiro atoms.